The normalized spacial score (nSPS) is 24.5. The highest BCUT2D eigenvalue weighted by Gasteiger charge is 2.38. The van der Waals surface area contributed by atoms with Gasteiger partial charge in [0.15, 0.2) is 0 Å². The lowest BCUT2D eigenvalue weighted by Crippen LogP contribution is -2.53. The average Bonchev–Trinajstić information content (AvgIpc) is 2.91. The third-order valence-corrected chi connectivity index (χ3v) is 6.93. The first-order valence-electron chi connectivity index (χ1n) is 8.75. The third kappa shape index (κ3) is 3.59. The molecule has 134 valence electrons. The Morgan fingerprint density at radius 2 is 1.79 bits per heavy atom. The largest absolute Gasteiger partial charge is 0.496 e. The molecule has 1 aromatic rings. The Morgan fingerprint density at radius 1 is 1.08 bits per heavy atom. The summed E-state index contributed by atoms with van der Waals surface area (Å²) in [5.41, 5.74) is 0.922. The summed E-state index contributed by atoms with van der Waals surface area (Å²) in [7, 11) is -1.83. The standard InChI is InChI=1S/C17H27N3O3S/c1-23-17-9-5-4-8-15(17)16-14-18-10-13-20(16)24(21,22)19-11-6-2-3-7-12-19/h4-5,8-9,16,18H,2-3,6-7,10-14H2,1H3. The summed E-state index contributed by atoms with van der Waals surface area (Å²) in [5.74, 6) is 0.738. The Morgan fingerprint density at radius 3 is 2.50 bits per heavy atom. The van der Waals surface area contributed by atoms with Crippen LogP contribution < -0.4 is 10.1 Å². The van der Waals surface area contributed by atoms with Crippen LogP contribution in [0.2, 0.25) is 0 Å². The Hall–Kier alpha value is -1.15. The molecule has 0 saturated carbocycles. The zero-order valence-electron chi connectivity index (χ0n) is 14.3. The molecule has 1 N–H and O–H groups in total. The predicted octanol–water partition coefficient (Wildman–Crippen LogP) is 1.76. The molecule has 24 heavy (non-hydrogen) atoms. The molecular weight excluding hydrogens is 326 g/mol. The SMILES string of the molecule is COc1ccccc1C1CNCCN1S(=O)(=O)N1CCCCCC1. The minimum Gasteiger partial charge on any atom is -0.496 e. The predicted molar refractivity (Wildman–Crippen MR) is 94.3 cm³/mol. The van der Waals surface area contributed by atoms with E-state index in [0.29, 0.717) is 32.7 Å². The van der Waals surface area contributed by atoms with Crippen LogP contribution in [0.4, 0.5) is 0 Å². The van der Waals surface area contributed by atoms with Crippen molar-refractivity contribution in [2.75, 3.05) is 39.8 Å². The van der Waals surface area contributed by atoms with E-state index >= 15 is 0 Å². The quantitative estimate of drug-likeness (QED) is 0.896. The van der Waals surface area contributed by atoms with E-state index in [9.17, 15) is 8.42 Å². The molecule has 3 rings (SSSR count). The Labute approximate surface area is 145 Å². The highest BCUT2D eigenvalue weighted by atomic mass is 32.2. The minimum atomic E-state index is -3.46. The van der Waals surface area contributed by atoms with Gasteiger partial charge in [-0.15, -0.1) is 0 Å². The van der Waals surface area contributed by atoms with Crippen molar-refractivity contribution in [2.24, 2.45) is 0 Å². The number of hydrogen-bond acceptors (Lipinski definition) is 4. The summed E-state index contributed by atoms with van der Waals surface area (Å²) in [5, 5.41) is 3.32. The lowest BCUT2D eigenvalue weighted by atomic mass is 10.0. The fourth-order valence-electron chi connectivity index (χ4n) is 3.59. The van der Waals surface area contributed by atoms with Crippen LogP contribution in [0.25, 0.3) is 0 Å². The summed E-state index contributed by atoms with van der Waals surface area (Å²) in [6.07, 6.45) is 4.13. The number of para-hydroxylation sites is 1. The first-order valence-corrected chi connectivity index (χ1v) is 10.1. The Balaban J connectivity index is 1.91. The van der Waals surface area contributed by atoms with Gasteiger partial charge in [0, 0.05) is 38.3 Å². The highest BCUT2D eigenvalue weighted by molar-refractivity contribution is 7.86. The van der Waals surface area contributed by atoms with Gasteiger partial charge in [0.1, 0.15) is 5.75 Å². The Bertz CT molecular complexity index is 642. The molecule has 0 radical (unpaired) electrons. The topological polar surface area (TPSA) is 61.9 Å². The zero-order valence-corrected chi connectivity index (χ0v) is 15.1. The van der Waals surface area contributed by atoms with Crippen molar-refractivity contribution in [3.8, 4) is 5.75 Å². The van der Waals surface area contributed by atoms with E-state index in [1.165, 1.54) is 0 Å². The molecule has 2 aliphatic heterocycles. The lowest BCUT2D eigenvalue weighted by molar-refractivity contribution is 0.242. The van der Waals surface area contributed by atoms with Crippen LogP contribution in [0.15, 0.2) is 24.3 Å². The van der Waals surface area contributed by atoms with Gasteiger partial charge in [0.25, 0.3) is 10.2 Å². The molecule has 1 aromatic carbocycles. The monoisotopic (exact) mass is 353 g/mol. The van der Waals surface area contributed by atoms with Crippen molar-refractivity contribution >= 4 is 10.2 Å². The van der Waals surface area contributed by atoms with Crippen molar-refractivity contribution in [1.82, 2.24) is 13.9 Å². The van der Waals surface area contributed by atoms with Gasteiger partial charge in [0.2, 0.25) is 0 Å². The number of nitrogens with one attached hydrogen (secondary N) is 1. The smallest absolute Gasteiger partial charge is 0.282 e. The van der Waals surface area contributed by atoms with Crippen molar-refractivity contribution in [2.45, 2.75) is 31.7 Å². The van der Waals surface area contributed by atoms with E-state index in [0.717, 1.165) is 37.0 Å². The van der Waals surface area contributed by atoms with Gasteiger partial charge in [-0.2, -0.15) is 17.0 Å². The second kappa shape index (κ2) is 7.82. The molecule has 0 bridgehead atoms. The molecule has 1 unspecified atom stereocenters. The Kier molecular flexibility index (Phi) is 5.76. The number of piperazine rings is 1. The van der Waals surface area contributed by atoms with Crippen LogP contribution in [0, 0.1) is 0 Å². The summed E-state index contributed by atoms with van der Waals surface area (Å²) in [6.45, 7) is 3.03. The second-order valence-corrected chi connectivity index (χ2v) is 8.27. The van der Waals surface area contributed by atoms with E-state index < -0.39 is 10.2 Å². The number of benzene rings is 1. The summed E-state index contributed by atoms with van der Waals surface area (Å²) in [4.78, 5) is 0. The fraction of sp³-hybridized carbons (Fsp3) is 0.647. The zero-order chi connectivity index (χ0) is 17.0. The van der Waals surface area contributed by atoms with Gasteiger partial charge in [-0.05, 0) is 18.9 Å². The maximum atomic E-state index is 13.3. The van der Waals surface area contributed by atoms with Gasteiger partial charge >= 0.3 is 0 Å². The molecule has 2 aliphatic rings. The summed E-state index contributed by atoms with van der Waals surface area (Å²) in [6, 6.07) is 7.46. The number of methoxy groups -OCH3 is 1. The van der Waals surface area contributed by atoms with Crippen LogP contribution >= 0.6 is 0 Å². The number of rotatable bonds is 4. The molecule has 2 heterocycles. The molecule has 2 fully saturated rings. The fourth-order valence-corrected chi connectivity index (χ4v) is 5.44. The first kappa shape index (κ1) is 17.7. The van der Waals surface area contributed by atoms with Crippen molar-refractivity contribution in [3.05, 3.63) is 29.8 Å². The maximum Gasteiger partial charge on any atom is 0.282 e. The molecule has 1 atom stereocenters. The van der Waals surface area contributed by atoms with Crippen LogP contribution in [-0.4, -0.2) is 56.9 Å². The lowest BCUT2D eigenvalue weighted by Gasteiger charge is -2.38. The minimum absolute atomic E-state index is 0.233. The summed E-state index contributed by atoms with van der Waals surface area (Å²) >= 11 is 0. The van der Waals surface area contributed by atoms with Crippen molar-refractivity contribution in [3.63, 3.8) is 0 Å². The average molecular weight is 353 g/mol. The van der Waals surface area contributed by atoms with Gasteiger partial charge in [-0.3, -0.25) is 0 Å². The maximum absolute atomic E-state index is 13.3. The van der Waals surface area contributed by atoms with Crippen LogP contribution in [0.1, 0.15) is 37.3 Å². The number of hydrogen-bond donors (Lipinski definition) is 1. The van der Waals surface area contributed by atoms with Gasteiger partial charge in [0.05, 0.1) is 13.2 Å². The third-order valence-electron chi connectivity index (χ3n) is 4.88. The van der Waals surface area contributed by atoms with Crippen LogP contribution in [0.3, 0.4) is 0 Å². The second-order valence-electron chi connectivity index (χ2n) is 6.39. The molecule has 7 heteroatoms. The van der Waals surface area contributed by atoms with Gasteiger partial charge < -0.3 is 10.1 Å². The first-order chi connectivity index (χ1) is 11.6. The van der Waals surface area contributed by atoms with E-state index in [-0.39, 0.29) is 6.04 Å². The molecule has 2 saturated heterocycles. The molecular formula is C17H27N3O3S. The van der Waals surface area contributed by atoms with E-state index in [2.05, 4.69) is 5.32 Å². The van der Waals surface area contributed by atoms with E-state index in [4.69, 9.17) is 4.74 Å². The van der Waals surface area contributed by atoms with E-state index in [1.54, 1.807) is 15.7 Å². The molecule has 0 amide bonds. The number of ether oxygens (including phenoxy) is 1. The van der Waals surface area contributed by atoms with Crippen LogP contribution in [0.5, 0.6) is 5.75 Å². The molecule has 0 aliphatic carbocycles. The van der Waals surface area contributed by atoms with Crippen molar-refractivity contribution < 1.29 is 13.2 Å². The van der Waals surface area contributed by atoms with E-state index in [1.807, 2.05) is 24.3 Å². The summed E-state index contributed by atoms with van der Waals surface area (Å²) < 4.78 is 35.3. The number of nitrogens with zero attached hydrogens (tertiary/aromatic N) is 2. The highest BCUT2D eigenvalue weighted by Crippen LogP contribution is 2.33. The van der Waals surface area contributed by atoms with Gasteiger partial charge in [-0.1, -0.05) is 31.0 Å². The van der Waals surface area contributed by atoms with Crippen molar-refractivity contribution in [1.29, 1.82) is 0 Å². The van der Waals surface area contributed by atoms with Crippen LogP contribution in [-0.2, 0) is 10.2 Å². The molecule has 0 aromatic heterocycles. The molecule has 0 spiro atoms. The molecule has 6 nitrogen and oxygen atoms in total. The van der Waals surface area contributed by atoms with Gasteiger partial charge in [-0.25, -0.2) is 0 Å².